The monoisotopic (exact) mass is 237 g/mol. The molecule has 0 atom stereocenters. The zero-order valence-electron chi connectivity index (χ0n) is 9.86. The molecule has 0 radical (unpaired) electrons. The SMILES string of the molecule is N#CC1(c2ccc(-c3ccc(F)cc3)cc2)CC1. The fourth-order valence-corrected chi connectivity index (χ4v) is 2.21. The summed E-state index contributed by atoms with van der Waals surface area (Å²) >= 11 is 0. The lowest BCUT2D eigenvalue weighted by molar-refractivity contribution is 0.628. The van der Waals surface area contributed by atoms with Crippen molar-refractivity contribution in [2.75, 3.05) is 0 Å². The Morgan fingerprint density at radius 1 is 0.889 bits per heavy atom. The van der Waals surface area contributed by atoms with Crippen LogP contribution in [-0.2, 0) is 5.41 Å². The van der Waals surface area contributed by atoms with Gasteiger partial charge in [0.25, 0.3) is 0 Å². The first kappa shape index (κ1) is 11.0. The molecule has 0 bridgehead atoms. The Kier molecular flexibility index (Phi) is 2.41. The molecule has 0 saturated heterocycles. The summed E-state index contributed by atoms with van der Waals surface area (Å²) < 4.78 is 12.8. The predicted molar refractivity (Wildman–Crippen MR) is 68.4 cm³/mol. The first-order valence-corrected chi connectivity index (χ1v) is 6.01. The lowest BCUT2D eigenvalue weighted by Gasteiger charge is -2.07. The molecule has 0 N–H and O–H groups in total. The Bertz CT molecular complexity index is 601. The van der Waals surface area contributed by atoms with Crippen LogP contribution >= 0.6 is 0 Å². The van der Waals surface area contributed by atoms with Gasteiger partial charge in [0.1, 0.15) is 5.82 Å². The van der Waals surface area contributed by atoms with E-state index in [1.54, 1.807) is 12.1 Å². The van der Waals surface area contributed by atoms with E-state index >= 15 is 0 Å². The molecule has 18 heavy (non-hydrogen) atoms. The van der Waals surface area contributed by atoms with Crippen LogP contribution in [0, 0.1) is 17.1 Å². The van der Waals surface area contributed by atoms with Gasteiger partial charge in [-0.2, -0.15) is 5.26 Å². The zero-order valence-corrected chi connectivity index (χ0v) is 9.86. The first-order valence-electron chi connectivity index (χ1n) is 6.01. The van der Waals surface area contributed by atoms with Crippen LogP contribution < -0.4 is 0 Å². The van der Waals surface area contributed by atoms with Crippen molar-refractivity contribution in [3.05, 3.63) is 59.9 Å². The Morgan fingerprint density at radius 3 is 1.83 bits per heavy atom. The molecule has 2 heteroatoms. The van der Waals surface area contributed by atoms with Gasteiger partial charge in [0.15, 0.2) is 0 Å². The average Bonchev–Trinajstić information content (AvgIpc) is 3.21. The van der Waals surface area contributed by atoms with Crippen LogP contribution in [0.3, 0.4) is 0 Å². The van der Waals surface area contributed by atoms with Gasteiger partial charge in [0.05, 0.1) is 11.5 Å². The van der Waals surface area contributed by atoms with E-state index in [-0.39, 0.29) is 11.2 Å². The predicted octanol–water partition coefficient (Wildman–Crippen LogP) is 4.05. The fourth-order valence-electron chi connectivity index (χ4n) is 2.21. The number of halogens is 1. The molecule has 1 fully saturated rings. The summed E-state index contributed by atoms with van der Waals surface area (Å²) in [5, 5.41) is 9.14. The Labute approximate surface area is 106 Å². The minimum Gasteiger partial charge on any atom is -0.207 e. The number of benzene rings is 2. The first-order chi connectivity index (χ1) is 8.73. The second kappa shape index (κ2) is 3.96. The highest BCUT2D eigenvalue weighted by atomic mass is 19.1. The van der Waals surface area contributed by atoms with E-state index in [0.29, 0.717) is 0 Å². The maximum Gasteiger partial charge on any atom is 0.123 e. The second-order valence-corrected chi connectivity index (χ2v) is 4.78. The van der Waals surface area contributed by atoms with Crippen LogP contribution in [0.2, 0.25) is 0 Å². The summed E-state index contributed by atoms with van der Waals surface area (Å²) in [4.78, 5) is 0. The van der Waals surface area contributed by atoms with E-state index in [1.165, 1.54) is 12.1 Å². The molecule has 0 amide bonds. The molecule has 0 heterocycles. The van der Waals surface area contributed by atoms with Crippen molar-refractivity contribution in [3.63, 3.8) is 0 Å². The van der Waals surface area contributed by atoms with Gasteiger partial charge in [-0.3, -0.25) is 0 Å². The van der Waals surface area contributed by atoms with Crippen molar-refractivity contribution < 1.29 is 4.39 Å². The van der Waals surface area contributed by atoms with Crippen LogP contribution in [0.1, 0.15) is 18.4 Å². The summed E-state index contributed by atoms with van der Waals surface area (Å²) in [6.07, 6.45) is 1.92. The number of hydrogen-bond acceptors (Lipinski definition) is 1. The van der Waals surface area contributed by atoms with Crippen LogP contribution in [0.4, 0.5) is 4.39 Å². The zero-order chi connectivity index (χ0) is 12.6. The molecule has 0 unspecified atom stereocenters. The molecule has 2 aromatic carbocycles. The van der Waals surface area contributed by atoms with Gasteiger partial charge >= 0.3 is 0 Å². The highest BCUT2D eigenvalue weighted by Crippen LogP contribution is 2.47. The standard InChI is InChI=1S/C16H12FN/c17-15-7-3-13(4-8-15)12-1-5-14(6-2-12)16(11-18)9-10-16/h1-8H,9-10H2. The van der Waals surface area contributed by atoms with E-state index < -0.39 is 0 Å². The van der Waals surface area contributed by atoms with Crippen molar-refractivity contribution >= 4 is 0 Å². The Morgan fingerprint density at radius 2 is 1.39 bits per heavy atom. The number of nitriles is 1. The molecule has 2 aromatic rings. The smallest absolute Gasteiger partial charge is 0.123 e. The molecule has 1 aliphatic rings. The second-order valence-electron chi connectivity index (χ2n) is 4.78. The summed E-state index contributed by atoms with van der Waals surface area (Å²) in [5.41, 5.74) is 2.90. The van der Waals surface area contributed by atoms with Crippen molar-refractivity contribution in [1.82, 2.24) is 0 Å². The summed E-state index contributed by atoms with van der Waals surface area (Å²) in [6, 6.07) is 16.9. The fraction of sp³-hybridized carbons (Fsp3) is 0.188. The lowest BCUT2D eigenvalue weighted by atomic mass is 9.95. The van der Waals surface area contributed by atoms with Crippen LogP contribution in [-0.4, -0.2) is 0 Å². The molecule has 88 valence electrons. The van der Waals surface area contributed by atoms with E-state index in [4.69, 9.17) is 5.26 Å². The van der Waals surface area contributed by atoms with Gasteiger partial charge in [-0.05, 0) is 41.7 Å². The quantitative estimate of drug-likeness (QED) is 0.773. The normalized spacial score (nSPS) is 16.0. The van der Waals surface area contributed by atoms with E-state index in [9.17, 15) is 4.39 Å². The summed E-state index contributed by atoms with van der Waals surface area (Å²) in [5.74, 6) is -0.225. The molecule has 1 saturated carbocycles. The highest BCUT2D eigenvalue weighted by molar-refractivity contribution is 5.64. The van der Waals surface area contributed by atoms with Gasteiger partial charge < -0.3 is 0 Å². The lowest BCUT2D eigenvalue weighted by Crippen LogP contribution is -2.01. The van der Waals surface area contributed by atoms with Gasteiger partial charge in [0, 0.05) is 0 Å². The van der Waals surface area contributed by atoms with Gasteiger partial charge in [-0.15, -0.1) is 0 Å². The van der Waals surface area contributed by atoms with Crippen LogP contribution in [0.15, 0.2) is 48.5 Å². The third kappa shape index (κ3) is 1.78. The van der Waals surface area contributed by atoms with Crippen molar-refractivity contribution in [1.29, 1.82) is 5.26 Å². The molecule has 0 aliphatic heterocycles. The molecular formula is C16H12FN. The Balaban J connectivity index is 1.92. The molecule has 0 spiro atoms. The van der Waals surface area contributed by atoms with Crippen molar-refractivity contribution in [3.8, 4) is 17.2 Å². The Hall–Kier alpha value is -2.14. The summed E-state index contributed by atoms with van der Waals surface area (Å²) in [7, 11) is 0. The number of hydrogen-bond donors (Lipinski definition) is 0. The van der Waals surface area contributed by atoms with E-state index in [1.807, 2.05) is 24.3 Å². The van der Waals surface area contributed by atoms with Crippen LogP contribution in [0.25, 0.3) is 11.1 Å². The summed E-state index contributed by atoms with van der Waals surface area (Å²) in [6.45, 7) is 0. The molecule has 1 aliphatic carbocycles. The maximum absolute atomic E-state index is 12.8. The molecule has 1 nitrogen and oxygen atoms in total. The van der Waals surface area contributed by atoms with Crippen LogP contribution in [0.5, 0.6) is 0 Å². The molecular weight excluding hydrogens is 225 g/mol. The van der Waals surface area contributed by atoms with Crippen molar-refractivity contribution in [2.24, 2.45) is 0 Å². The van der Waals surface area contributed by atoms with Gasteiger partial charge in [-0.1, -0.05) is 36.4 Å². The highest BCUT2D eigenvalue weighted by Gasteiger charge is 2.44. The van der Waals surface area contributed by atoms with E-state index in [0.717, 1.165) is 29.5 Å². The molecule has 3 rings (SSSR count). The maximum atomic E-state index is 12.8. The van der Waals surface area contributed by atoms with E-state index in [2.05, 4.69) is 6.07 Å². The minimum absolute atomic E-state index is 0.225. The topological polar surface area (TPSA) is 23.8 Å². The molecule has 0 aromatic heterocycles. The third-order valence-corrected chi connectivity index (χ3v) is 3.58. The number of nitrogens with zero attached hydrogens (tertiary/aromatic N) is 1. The average molecular weight is 237 g/mol. The third-order valence-electron chi connectivity index (χ3n) is 3.58. The van der Waals surface area contributed by atoms with Gasteiger partial charge in [-0.25, -0.2) is 4.39 Å². The number of rotatable bonds is 2. The minimum atomic E-state index is -0.235. The largest absolute Gasteiger partial charge is 0.207 e. The van der Waals surface area contributed by atoms with Gasteiger partial charge in [0.2, 0.25) is 0 Å². The van der Waals surface area contributed by atoms with Crippen molar-refractivity contribution in [2.45, 2.75) is 18.3 Å².